The number of fused-ring (bicyclic) bond motifs is 3. The molecule has 0 N–H and O–H groups in total. The predicted molar refractivity (Wildman–Crippen MR) is 247 cm³/mol. The van der Waals surface area contributed by atoms with E-state index in [1.165, 1.54) is 49.3 Å². The van der Waals surface area contributed by atoms with Crippen molar-refractivity contribution in [3.05, 3.63) is 204 Å². The molecule has 2 nitrogen and oxygen atoms in total. The van der Waals surface area contributed by atoms with Gasteiger partial charge in [-0.25, -0.2) is 9.97 Å². The van der Waals surface area contributed by atoms with E-state index >= 15 is 0 Å². The molecule has 278 valence electrons. The van der Waals surface area contributed by atoms with Gasteiger partial charge in [0.2, 0.25) is 0 Å². The second kappa shape index (κ2) is 14.2. The first-order valence-electron chi connectivity index (χ1n) is 20.1. The van der Waals surface area contributed by atoms with Gasteiger partial charge in [0.05, 0.1) is 33.0 Å². The average Bonchev–Trinajstić information content (AvgIpc) is 3.54. The summed E-state index contributed by atoms with van der Waals surface area (Å²) in [6.07, 6.45) is 0. The van der Waals surface area contributed by atoms with E-state index in [4.69, 9.17) is 9.97 Å². The van der Waals surface area contributed by atoms with Crippen molar-refractivity contribution in [2.75, 3.05) is 0 Å². The minimum Gasteiger partial charge on any atom is -0.228 e. The Balaban J connectivity index is 1.19. The van der Waals surface area contributed by atoms with Crippen molar-refractivity contribution in [2.24, 2.45) is 0 Å². The molecule has 4 heteroatoms. The Morgan fingerprint density at radius 3 is 1.42 bits per heavy atom. The quantitative estimate of drug-likeness (QED) is 0.144. The summed E-state index contributed by atoms with van der Waals surface area (Å²) in [5.41, 5.74) is 14.7. The molecule has 57 heavy (non-hydrogen) atoms. The van der Waals surface area contributed by atoms with Crippen LogP contribution in [-0.2, 0) is 5.41 Å². The van der Waals surface area contributed by atoms with Crippen molar-refractivity contribution in [1.29, 1.82) is 0 Å². The highest BCUT2D eigenvalue weighted by molar-refractivity contribution is 6.89. The first-order valence-corrected chi connectivity index (χ1v) is 27.1. The minimum absolute atomic E-state index is 0.450. The Labute approximate surface area is 340 Å². The first-order chi connectivity index (χ1) is 27.5. The van der Waals surface area contributed by atoms with E-state index in [-0.39, 0.29) is 0 Å². The van der Waals surface area contributed by atoms with Crippen LogP contribution in [0.25, 0.3) is 56.2 Å². The van der Waals surface area contributed by atoms with E-state index < -0.39 is 21.6 Å². The van der Waals surface area contributed by atoms with Gasteiger partial charge in [-0.1, -0.05) is 213 Å². The Hall–Kier alpha value is -5.95. The summed E-state index contributed by atoms with van der Waals surface area (Å²) < 4.78 is 0. The van der Waals surface area contributed by atoms with E-state index in [9.17, 15) is 0 Å². The Kier molecular flexibility index (Phi) is 9.15. The third-order valence-corrected chi connectivity index (χ3v) is 15.9. The second-order valence-electron chi connectivity index (χ2n) is 17.5. The van der Waals surface area contributed by atoms with Crippen molar-refractivity contribution >= 4 is 26.5 Å². The topological polar surface area (TPSA) is 25.8 Å². The summed E-state index contributed by atoms with van der Waals surface area (Å²) in [4.78, 5) is 10.5. The lowest BCUT2D eigenvalue weighted by Crippen LogP contribution is -2.37. The molecular formula is C53H48N2Si2. The lowest BCUT2D eigenvalue weighted by atomic mass is 9.67. The van der Waals surface area contributed by atoms with Gasteiger partial charge in [0.25, 0.3) is 0 Å². The molecule has 1 aliphatic rings. The molecule has 0 fully saturated rings. The molecule has 0 amide bonds. The summed E-state index contributed by atoms with van der Waals surface area (Å²) in [5.74, 6) is 0.745. The molecule has 0 bridgehead atoms. The van der Waals surface area contributed by atoms with Crippen molar-refractivity contribution < 1.29 is 0 Å². The highest BCUT2D eigenvalue weighted by Crippen LogP contribution is 2.56. The van der Waals surface area contributed by atoms with Gasteiger partial charge in [-0.3, -0.25) is 0 Å². The predicted octanol–water partition coefficient (Wildman–Crippen LogP) is 12.6. The van der Waals surface area contributed by atoms with Crippen LogP contribution in [0.15, 0.2) is 182 Å². The first kappa shape index (κ1) is 36.7. The van der Waals surface area contributed by atoms with Crippen molar-refractivity contribution in [3.63, 3.8) is 0 Å². The van der Waals surface area contributed by atoms with Crippen molar-refractivity contribution in [3.8, 4) is 56.2 Å². The van der Waals surface area contributed by atoms with E-state index in [0.29, 0.717) is 0 Å². The van der Waals surface area contributed by atoms with Crippen LogP contribution < -0.4 is 10.4 Å². The van der Waals surface area contributed by atoms with Gasteiger partial charge < -0.3 is 0 Å². The molecule has 0 spiro atoms. The van der Waals surface area contributed by atoms with Crippen LogP contribution in [0.3, 0.4) is 0 Å². The number of hydrogen-bond donors (Lipinski definition) is 0. The van der Waals surface area contributed by atoms with Gasteiger partial charge in [0.1, 0.15) is 0 Å². The molecule has 9 rings (SSSR count). The molecule has 0 radical (unpaired) electrons. The summed E-state index contributed by atoms with van der Waals surface area (Å²) in [7, 11) is -2.90. The van der Waals surface area contributed by atoms with Crippen molar-refractivity contribution in [1.82, 2.24) is 9.97 Å². The van der Waals surface area contributed by atoms with E-state index in [1.807, 2.05) is 0 Å². The number of rotatable bonds is 8. The fourth-order valence-corrected chi connectivity index (χ4v) is 10.9. The van der Waals surface area contributed by atoms with Gasteiger partial charge in [0, 0.05) is 16.7 Å². The molecule has 7 aromatic carbocycles. The summed E-state index contributed by atoms with van der Waals surface area (Å²) >= 11 is 0. The summed E-state index contributed by atoms with van der Waals surface area (Å²) in [6, 6.07) is 67.1. The lowest BCUT2D eigenvalue weighted by molar-refractivity contribution is 0.769. The third-order valence-electron chi connectivity index (χ3n) is 11.7. The highest BCUT2D eigenvalue weighted by atomic mass is 28.3. The van der Waals surface area contributed by atoms with E-state index in [0.717, 1.165) is 39.5 Å². The Morgan fingerprint density at radius 2 is 0.825 bits per heavy atom. The lowest BCUT2D eigenvalue weighted by Gasteiger charge is -2.34. The Morgan fingerprint density at radius 1 is 0.351 bits per heavy atom. The molecule has 1 aliphatic carbocycles. The number of hydrogen-bond acceptors (Lipinski definition) is 2. The maximum absolute atomic E-state index is 5.28. The second-order valence-corrected chi connectivity index (χ2v) is 27.6. The number of benzene rings is 7. The monoisotopic (exact) mass is 768 g/mol. The maximum Gasteiger partial charge on any atom is 0.160 e. The van der Waals surface area contributed by atoms with Crippen LogP contribution in [0.4, 0.5) is 0 Å². The SMILES string of the molecule is C[Si](C)(C)c1ccc(-c2cc(-c3cccc(-c4ccc5c(c4)C(c4ccccc4)(c4ccccc4)c4ccccc4-5)c3)nc(-c3ccc([Si](C)(C)C)cc3)n2)cc1. The average molecular weight is 769 g/mol. The smallest absolute Gasteiger partial charge is 0.160 e. The third kappa shape index (κ3) is 6.63. The zero-order chi connectivity index (χ0) is 39.4. The molecule has 0 saturated heterocycles. The largest absolute Gasteiger partial charge is 0.228 e. The molecular weight excluding hydrogens is 721 g/mol. The number of aromatic nitrogens is 2. The maximum atomic E-state index is 5.28. The van der Waals surface area contributed by atoms with Crippen LogP contribution in [-0.4, -0.2) is 26.1 Å². The van der Waals surface area contributed by atoms with E-state index in [1.54, 1.807) is 0 Å². The molecule has 0 atom stereocenters. The molecule has 0 unspecified atom stereocenters. The van der Waals surface area contributed by atoms with Gasteiger partial charge >= 0.3 is 0 Å². The number of nitrogens with zero attached hydrogens (tertiary/aromatic N) is 2. The fourth-order valence-electron chi connectivity index (χ4n) is 8.61. The van der Waals surface area contributed by atoms with E-state index in [2.05, 4.69) is 221 Å². The summed E-state index contributed by atoms with van der Waals surface area (Å²) in [6.45, 7) is 14.3. The van der Waals surface area contributed by atoms with Gasteiger partial charge in [-0.15, -0.1) is 0 Å². The highest BCUT2D eigenvalue weighted by Gasteiger charge is 2.46. The Bertz CT molecular complexity index is 2610. The van der Waals surface area contributed by atoms with Crippen LogP contribution in [0.2, 0.25) is 39.3 Å². The molecule has 0 saturated carbocycles. The standard InChI is InChI=1S/C53H48N2Si2/c1-56(2,3)44-29-24-37(25-30-44)50-36-51(55-52(54-50)38-26-31-45(32-27-38)57(4,5)6)41-17-15-16-39(34-41)40-28-33-47-46-22-13-14-23-48(46)53(49(47)35-40,42-18-9-7-10-19-42)43-20-11-8-12-21-43/h7-36H,1-6H3. The fraction of sp³-hybridized carbons (Fsp3) is 0.132. The van der Waals surface area contributed by atoms with Crippen LogP contribution >= 0.6 is 0 Å². The zero-order valence-corrected chi connectivity index (χ0v) is 35.7. The van der Waals surface area contributed by atoms with Gasteiger partial charge in [0.15, 0.2) is 5.82 Å². The van der Waals surface area contributed by atoms with Crippen LogP contribution in [0.1, 0.15) is 22.3 Å². The minimum atomic E-state index is -1.45. The molecule has 1 heterocycles. The normalized spacial score (nSPS) is 13.2. The van der Waals surface area contributed by atoms with Crippen LogP contribution in [0, 0.1) is 0 Å². The van der Waals surface area contributed by atoms with Gasteiger partial charge in [-0.2, -0.15) is 0 Å². The molecule has 0 aliphatic heterocycles. The molecule has 8 aromatic rings. The zero-order valence-electron chi connectivity index (χ0n) is 33.7. The van der Waals surface area contributed by atoms with Crippen molar-refractivity contribution in [2.45, 2.75) is 44.7 Å². The van der Waals surface area contributed by atoms with Crippen LogP contribution in [0.5, 0.6) is 0 Å². The summed E-state index contributed by atoms with van der Waals surface area (Å²) in [5, 5.41) is 2.87. The molecule has 1 aromatic heterocycles. The van der Waals surface area contributed by atoms with Gasteiger partial charge in [-0.05, 0) is 62.7 Å².